The van der Waals surface area contributed by atoms with Crippen molar-refractivity contribution in [3.05, 3.63) is 54.4 Å². The lowest BCUT2D eigenvalue weighted by atomic mass is 10.1. The molecule has 0 spiro atoms. The van der Waals surface area contributed by atoms with Gasteiger partial charge in [-0.2, -0.15) is 5.10 Å². The van der Waals surface area contributed by atoms with Crippen LogP contribution in [0.25, 0.3) is 16.9 Å². The Bertz CT molecular complexity index is 658. The Morgan fingerprint density at radius 1 is 1.11 bits per heavy atom. The number of benzene rings is 1. The summed E-state index contributed by atoms with van der Waals surface area (Å²) in [4.78, 5) is 4.39. The summed E-state index contributed by atoms with van der Waals surface area (Å²) >= 11 is 0. The lowest BCUT2D eigenvalue weighted by molar-refractivity contribution is 0.941. The predicted octanol–water partition coefficient (Wildman–Crippen LogP) is 1.90. The predicted molar refractivity (Wildman–Crippen MR) is 71.2 cm³/mol. The summed E-state index contributed by atoms with van der Waals surface area (Å²) in [5.74, 6) is 0. The highest BCUT2D eigenvalue weighted by Gasteiger charge is 2.13. The summed E-state index contributed by atoms with van der Waals surface area (Å²) in [7, 11) is 0. The summed E-state index contributed by atoms with van der Waals surface area (Å²) in [6, 6.07) is 12.0. The molecule has 0 saturated carbocycles. The van der Waals surface area contributed by atoms with Crippen molar-refractivity contribution in [2.24, 2.45) is 5.73 Å². The van der Waals surface area contributed by atoms with E-state index in [-0.39, 0.29) is 0 Å². The maximum atomic E-state index is 5.69. The third-order valence-electron chi connectivity index (χ3n) is 2.93. The minimum atomic E-state index is 0.595. The topological polar surface area (TPSA) is 56.2 Å². The molecular formula is C14H14N4. The van der Waals surface area contributed by atoms with Crippen LogP contribution in [0.1, 0.15) is 5.56 Å². The number of fused-ring (bicyclic) bond motifs is 1. The Labute approximate surface area is 105 Å². The van der Waals surface area contributed by atoms with E-state index in [1.807, 2.05) is 35.0 Å². The van der Waals surface area contributed by atoms with E-state index in [1.54, 1.807) is 6.20 Å². The van der Waals surface area contributed by atoms with E-state index in [1.165, 1.54) is 0 Å². The Balaban J connectivity index is 2.25. The molecule has 3 aromatic rings. The minimum Gasteiger partial charge on any atom is -0.330 e. The number of aromatic nitrogens is 3. The lowest BCUT2D eigenvalue weighted by Gasteiger charge is -2.00. The SMILES string of the molecule is NCCc1c(-c2ccccc2)nn2cccnc12. The first kappa shape index (κ1) is 10.9. The van der Waals surface area contributed by atoms with E-state index >= 15 is 0 Å². The molecule has 0 unspecified atom stereocenters. The van der Waals surface area contributed by atoms with Gasteiger partial charge in [-0.15, -0.1) is 0 Å². The largest absolute Gasteiger partial charge is 0.330 e. The van der Waals surface area contributed by atoms with E-state index in [0.29, 0.717) is 6.54 Å². The number of nitrogens with two attached hydrogens (primary N) is 1. The molecule has 0 aliphatic rings. The highest BCUT2D eigenvalue weighted by atomic mass is 15.2. The van der Waals surface area contributed by atoms with Gasteiger partial charge >= 0.3 is 0 Å². The molecule has 4 nitrogen and oxygen atoms in total. The Kier molecular flexibility index (Phi) is 2.78. The average molecular weight is 238 g/mol. The van der Waals surface area contributed by atoms with Crippen molar-refractivity contribution in [3.8, 4) is 11.3 Å². The Hall–Kier alpha value is -2.20. The van der Waals surface area contributed by atoms with E-state index in [9.17, 15) is 0 Å². The normalized spacial score (nSPS) is 10.9. The van der Waals surface area contributed by atoms with Gasteiger partial charge < -0.3 is 5.73 Å². The molecule has 0 aliphatic heterocycles. The van der Waals surface area contributed by atoms with Crippen LogP contribution in [0.15, 0.2) is 48.8 Å². The van der Waals surface area contributed by atoms with Crippen LogP contribution in [-0.4, -0.2) is 21.1 Å². The molecule has 2 N–H and O–H groups in total. The van der Waals surface area contributed by atoms with Crippen LogP contribution in [0.5, 0.6) is 0 Å². The second-order valence-corrected chi connectivity index (χ2v) is 4.12. The second-order valence-electron chi connectivity index (χ2n) is 4.12. The third kappa shape index (κ3) is 1.76. The van der Waals surface area contributed by atoms with Gasteiger partial charge in [0.2, 0.25) is 0 Å². The molecule has 0 fully saturated rings. The number of nitrogens with zero attached hydrogens (tertiary/aromatic N) is 3. The molecule has 0 bridgehead atoms. The summed E-state index contributed by atoms with van der Waals surface area (Å²) in [6.07, 6.45) is 4.48. The van der Waals surface area contributed by atoms with E-state index in [4.69, 9.17) is 5.73 Å². The zero-order valence-corrected chi connectivity index (χ0v) is 9.95. The third-order valence-corrected chi connectivity index (χ3v) is 2.93. The molecule has 0 atom stereocenters. The molecule has 18 heavy (non-hydrogen) atoms. The molecule has 4 heteroatoms. The maximum Gasteiger partial charge on any atom is 0.158 e. The first-order valence-corrected chi connectivity index (χ1v) is 5.98. The quantitative estimate of drug-likeness (QED) is 0.758. The Morgan fingerprint density at radius 3 is 2.72 bits per heavy atom. The van der Waals surface area contributed by atoms with E-state index in [2.05, 4.69) is 22.2 Å². The standard InChI is InChI=1S/C14H14N4/c15-8-7-12-13(11-5-2-1-3-6-11)17-18-10-4-9-16-14(12)18/h1-6,9-10H,7-8,15H2. The van der Waals surface area contributed by atoms with Gasteiger partial charge in [-0.1, -0.05) is 30.3 Å². The fourth-order valence-electron chi connectivity index (χ4n) is 2.14. The van der Waals surface area contributed by atoms with E-state index < -0.39 is 0 Å². The van der Waals surface area contributed by atoms with Crippen molar-refractivity contribution in [3.63, 3.8) is 0 Å². The first-order valence-electron chi connectivity index (χ1n) is 5.98. The van der Waals surface area contributed by atoms with Crippen LogP contribution in [0.2, 0.25) is 0 Å². The van der Waals surface area contributed by atoms with Gasteiger partial charge in [0.25, 0.3) is 0 Å². The zero-order valence-electron chi connectivity index (χ0n) is 9.95. The minimum absolute atomic E-state index is 0.595. The van der Waals surface area contributed by atoms with E-state index in [0.717, 1.165) is 28.9 Å². The molecule has 0 saturated heterocycles. The van der Waals surface area contributed by atoms with Crippen LogP contribution in [0, 0.1) is 0 Å². The number of rotatable bonds is 3. The molecule has 2 heterocycles. The van der Waals surface area contributed by atoms with Gasteiger partial charge in [0.15, 0.2) is 5.65 Å². The monoisotopic (exact) mass is 238 g/mol. The van der Waals surface area contributed by atoms with Crippen molar-refractivity contribution in [2.45, 2.75) is 6.42 Å². The van der Waals surface area contributed by atoms with Crippen molar-refractivity contribution < 1.29 is 0 Å². The van der Waals surface area contributed by atoms with Gasteiger partial charge in [-0.05, 0) is 19.0 Å². The Morgan fingerprint density at radius 2 is 1.94 bits per heavy atom. The number of hydrogen-bond acceptors (Lipinski definition) is 3. The van der Waals surface area contributed by atoms with Gasteiger partial charge in [0, 0.05) is 23.5 Å². The molecule has 2 aromatic heterocycles. The van der Waals surface area contributed by atoms with Gasteiger partial charge in [0.1, 0.15) is 0 Å². The molecule has 0 amide bonds. The van der Waals surface area contributed by atoms with Gasteiger partial charge in [0.05, 0.1) is 5.69 Å². The second kappa shape index (κ2) is 4.58. The number of hydrogen-bond donors (Lipinski definition) is 1. The van der Waals surface area contributed by atoms with Crippen molar-refractivity contribution in [2.75, 3.05) is 6.54 Å². The maximum absolute atomic E-state index is 5.69. The van der Waals surface area contributed by atoms with Crippen molar-refractivity contribution >= 4 is 5.65 Å². The van der Waals surface area contributed by atoms with Crippen molar-refractivity contribution in [1.82, 2.24) is 14.6 Å². The highest BCUT2D eigenvalue weighted by Crippen LogP contribution is 2.25. The van der Waals surface area contributed by atoms with Gasteiger partial charge in [-0.25, -0.2) is 9.50 Å². The van der Waals surface area contributed by atoms with Gasteiger partial charge in [-0.3, -0.25) is 0 Å². The van der Waals surface area contributed by atoms with Crippen LogP contribution in [0.4, 0.5) is 0 Å². The molecular weight excluding hydrogens is 224 g/mol. The fraction of sp³-hybridized carbons (Fsp3) is 0.143. The summed E-state index contributed by atoms with van der Waals surface area (Å²) in [6.45, 7) is 0.595. The van der Waals surface area contributed by atoms with Crippen LogP contribution >= 0.6 is 0 Å². The molecule has 90 valence electrons. The fourth-order valence-corrected chi connectivity index (χ4v) is 2.14. The average Bonchev–Trinajstić information content (AvgIpc) is 2.80. The summed E-state index contributed by atoms with van der Waals surface area (Å²) < 4.78 is 1.81. The first-order chi connectivity index (χ1) is 8.90. The smallest absolute Gasteiger partial charge is 0.158 e. The highest BCUT2D eigenvalue weighted by molar-refractivity contribution is 5.70. The summed E-state index contributed by atoms with van der Waals surface area (Å²) in [5, 5.41) is 4.60. The lowest BCUT2D eigenvalue weighted by Crippen LogP contribution is -2.03. The molecule has 1 aromatic carbocycles. The van der Waals surface area contributed by atoms with Crippen LogP contribution in [0.3, 0.4) is 0 Å². The molecule has 0 aliphatic carbocycles. The summed E-state index contributed by atoms with van der Waals surface area (Å²) in [5.41, 5.74) is 9.77. The zero-order chi connectivity index (χ0) is 12.4. The molecule has 3 rings (SSSR count). The van der Waals surface area contributed by atoms with Crippen molar-refractivity contribution in [1.29, 1.82) is 0 Å². The molecule has 0 radical (unpaired) electrons. The van der Waals surface area contributed by atoms with Crippen LogP contribution in [-0.2, 0) is 6.42 Å². The van der Waals surface area contributed by atoms with Crippen LogP contribution < -0.4 is 5.73 Å².